The maximum atomic E-state index is 12.4. The molecule has 0 radical (unpaired) electrons. The van der Waals surface area contributed by atoms with Gasteiger partial charge in [-0.3, -0.25) is 10.1 Å². The average Bonchev–Trinajstić information content (AvgIpc) is 2.20. The van der Waals surface area contributed by atoms with Crippen molar-refractivity contribution in [3.63, 3.8) is 0 Å². The summed E-state index contributed by atoms with van der Waals surface area (Å²) >= 11 is 0.817. The van der Waals surface area contributed by atoms with Crippen LogP contribution >= 0.6 is 11.8 Å². The number of nitrogens with one attached hydrogen (secondary N) is 1. The van der Waals surface area contributed by atoms with Gasteiger partial charge >= 0.3 is 17.1 Å². The molecule has 0 aliphatic rings. The summed E-state index contributed by atoms with van der Waals surface area (Å²) < 4.78 is 60.1. The molecule has 0 aromatic heterocycles. The second-order valence-corrected chi connectivity index (χ2v) is 4.03. The highest BCUT2D eigenvalue weighted by atomic mass is 32.2. The number of nitrogens with zero attached hydrogens (tertiary/aromatic N) is 1. The van der Waals surface area contributed by atoms with Crippen molar-refractivity contribution in [3.8, 4) is 0 Å². The Bertz CT molecular complexity index is 319. The van der Waals surface area contributed by atoms with Crippen LogP contribution in [0.15, 0.2) is 11.2 Å². The zero-order chi connectivity index (χ0) is 14.4. The van der Waals surface area contributed by atoms with Gasteiger partial charge in [0.15, 0.2) is 0 Å². The molecule has 0 bridgehead atoms. The van der Waals surface area contributed by atoms with Crippen molar-refractivity contribution in [2.45, 2.75) is 24.9 Å². The summed E-state index contributed by atoms with van der Waals surface area (Å²) in [4.78, 5) is 9.60. The van der Waals surface area contributed by atoms with Gasteiger partial charge in [-0.25, -0.2) is 0 Å². The molecular formula is C8H11F5N2O2S. The van der Waals surface area contributed by atoms with E-state index in [1.807, 2.05) is 0 Å². The van der Waals surface area contributed by atoms with Crippen LogP contribution in [-0.2, 0) is 0 Å². The Morgan fingerprint density at radius 3 is 2.33 bits per heavy atom. The molecule has 0 aromatic carbocycles. The smallest absolute Gasteiger partial charge is 0.385 e. The van der Waals surface area contributed by atoms with Crippen molar-refractivity contribution in [3.05, 3.63) is 21.3 Å². The normalized spacial score (nSPS) is 13.6. The van der Waals surface area contributed by atoms with Crippen LogP contribution in [-0.4, -0.2) is 29.8 Å². The van der Waals surface area contributed by atoms with E-state index in [-0.39, 0.29) is 11.6 Å². The van der Waals surface area contributed by atoms with Crippen LogP contribution in [0.25, 0.3) is 0 Å². The molecule has 0 fully saturated rings. The third kappa shape index (κ3) is 5.52. The van der Waals surface area contributed by atoms with Crippen molar-refractivity contribution >= 4 is 11.8 Å². The van der Waals surface area contributed by atoms with E-state index in [1.54, 1.807) is 0 Å². The first-order chi connectivity index (χ1) is 8.12. The molecule has 0 heterocycles. The number of rotatable bonds is 7. The summed E-state index contributed by atoms with van der Waals surface area (Å²) in [6.45, 7) is -0.205. The fourth-order valence-electron chi connectivity index (χ4n) is 0.900. The fourth-order valence-corrected chi connectivity index (χ4v) is 1.25. The third-order valence-electron chi connectivity index (χ3n) is 1.84. The first kappa shape index (κ1) is 16.9. The predicted molar refractivity (Wildman–Crippen MR) is 56.8 cm³/mol. The van der Waals surface area contributed by atoms with Crippen molar-refractivity contribution in [2.24, 2.45) is 0 Å². The van der Waals surface area contributed by atoms with Gasteiger partial charge in [0.25, 0.3) is 0 Å². The Labute approximate surface area is 104 Å². The second-order valence-electron chi connectivity index (χ2n) is 3.20. The number of alkyl halides is 5. The molecule has 1 N–H and O–H groups in total. The van der Waals surface area contributed by atoms with Crippen LogP contribution in [0.1, 0.15) is 12.8 Å². The van der Waals surface area contributed by atoms with Crippen LogP contribution < -0.4 is 5.32 Å². The lowest BCUT2D eigenvalue weighted by molar-refractivity contribution is -0.410. The summed E-state index contributed by atoms with van der Waals surface area (Å²) in [5.74, 6) is -4.73. The molecule has 10 heteroatoms. The minimum atomic E-state index is -5.56. The minimum absolute atomic E-state index is 0.205. The molecule has 0 aliphatic carbocycles. The maximum Gasteiger partial charge on any atom is 0.453 e. The Kier molecular flexibility index (Phi) is 6.36. The molecule has 0 unspecified atom stereocenters. The Hall–Kier alpha value is -1.06. The van der Waals surface area contributed by atoms with Gasteiger partial charge in [0, 0.05) is 13.0 Å². The van der Waals surface area contributed by atoms with Gasteiger partial charge in [0.05, 0.1) is 11.1 Å². The predicted octanol–water partition coefficient (Wildman–Crippen LogP) is 2.99. The summed E-state index contributed by atoms with van der Waals surface area (Å²) in [5.41, 5.74) is 0. The summed E-state index contributed by atoms with van der Waals surface area (Å²) in [6.07, 6.45) is -4.97. The van der Waals surface area contributed by atoms with Gasteiger partial charge in [-0.05, 0) is 12.7 Å². The maximum absolute atomic E-state index is 12.4. The van der Waals surface area contributed by atoms with E-state index < -0.39 is 29.9 Å². The number of hydrogen-bond donors (Lipinski definition) is 1. The average molecular weight is 294 g/mol. The summed E-state index contributed by atoms with van der Waals surface area (Å²) in [7, 11) is 0. The highest BCUT2D eigenvalue weighted by Gasteiger charge is 2.56. The van der Waals surface area contributed by atoms with E-state index in [0.29, 0.717) is 0 Å². The molecule has 0 saturated carbocycles. The summed E-state index contributed by atoms with van der Waals surface area (Å²) in [6, 6.07) is 0. The van der Waals surface area contributed by atoms with E-state index in [2.05, 4.69) is 5.32 Å². The van der Waals surface area contributed by atoms with Crippen LogP contribution in [0.3, 0.4) is 0 Å². The van der Waals surface area contributed by atoms with Crippen molar-refractivity contribution in [2.75, 3.05) is 12.8 Å². The third-order valence-corrected chi connectivity index (χ3v) is 2.53. The van der Waals surface area contributed by atoms with Gasteiger partial charge in [0.1, 0.15) is 0 Å². The van der Waals surface area contributed by atoms with E-state index in [4.69, 9.17) is 0 Å². The van der Waals surface area contributed by atoms with Gasteiger partial charge < -0.3 is 5.32 Å². The highest BCUT2D eigenvalue weighted by Crippen LogP contribution is 2.38. The Morgan fingerprint density at radius 1 is 1.39 bits per heavy atom. The zero-order valence-electron chi connectivity index (χ0n) is 9.26. The number of hydrogen-bond acceptors (Lipinski definition) is 4. The molecule has 0 spiro atoms. The Morgan fingerprint density at radius 2 is 1.94 bits per heavy atom. The first-order valence-electron chi connectivity index (χ1n) is 4.68. The fraction of sp³-hybridized carbons (Fsp3) is 0.750. The lowest BCUT2D eigenvalue weighted by Crippen LogP contribution is -2.36. The quantitative estimate of drug-likeness (QED) is 0.339. The lowest BCUT2D eigenvalue weighted by Gasteiger charge is -2.19. The van der Waals surface area contributed by atoms with Crippen molar-refractivity contribution < 1.29 is 26.9 Å². The summed E-state index contributed by atoms with van der Waals surface area (Å²) in [5, 5.41) is 12.4. The van der Waals surface area contributed by atoms with Crippen molar-refractivity contribution in [1.82, 2.24) is 5.32 Å². The lowest BCUT2D eigenvalue weighted by atomic mass is 10.2. The van der Waals surface area contributed by atoms with Crippen LogP contribution in [0.4, 0.5) is 22.0 Å². The van der Waals surface area contributed by atoms with E-state index in [9.17, 15) is 32.1 Å². The standard InChI is InChI=1S/C8H11F5N2O2S/c1-18-6(15(16)17)5-14-4-2-3-7(9,10)8(11,12)13/h5,14H,2-4H2,1H3. The first-order valence-corrected chi connectivity index (χ1v) is 5.91. The molecule has 0 saturated heterocycles. The SMILES string of the molecule is CSC(=CNCCCC(F)(F)C(F)(F)F)[N+](=O)[O-]. The molecule has 4 nitrogen and oxygen atoms in total. The van der Waals surface area contributed by atoms with E-state index in [1.165, 1.54) is 6.26 Å². The van der Waals surface area contributed by atoms with E-state index in [0.717, 1.165) is 18.0 Å². The topological polar surface area (TPSA) is 55.2 Å². The van der Waals surface area contributed by atoms with Gasteiger partial charge in [-0.2, -0.15) is 22.0 Å². The molecule has 0 amide bonds. The Balaban J connectivity index is 4.05. The number of nitro groups is 1. The molecule has 18 heavy (non-hydrogen) atoms. The molecule has 106 valence electrons. The van der Waals surface area contributed by atoms with Crippen molar-refractivity contribution in [1.29, 1.82) is 0 Å². The molecule has 0 rings (SSSR count). The van der Waals surface area contributed by atoms with Crippen LogP contribution in [0.2, 0.25) is 0 Å². The number of thioether (sulfide) groups is 1. The highest BCUT2D eigenvalue weighted by molar-refractivity contribution is 8.02. The molecule has 0 aliphatic heterocycles. The zero-order valence-corrected chi connectivity index (χ0v) is 10.1. The van der Waals surface area contributed by atoms with Crippen LogP contribution in [0, 0.1) is 10.1 Å². The van der Waals surface area contributed by atoms with Gasteiger partial charge in [-0.1, -0.05) is 11.8 Å². The molecule has 0 aromatic rings. The van der Waals surface area contributed by atoms with Gasteiger partial charge in [-0.15, -0.1) is 0 Å². The van der Waals surface area contributed by atoms with Gasteiger partial charge in [0.2, 0.25) is 0 Å². The molecular weight excluding hydrogens is 283 g/mol. The second kappa shape index (κ2) is 6.76. The van der Waals surface area contributed by atoms with Crippen LogP contribution in [0.5, 0.6) is 0 Å². The minimum Gasteiger partial charge on any atom is -0.385 e. The molecule has 0 atom stereocenters. The largest absolute Gasteiger partial charge is 0.453 e. The van der Waals surface area contributed by atoms with E-state index >= 15 is 0 Å². The monoisotopic (exact) mass is 294 g/mol. The number of halogens is 5.